The van der Waals surface area contributed by atoms with Crippen molar-refractivity contribution in [2.75, 3.05) is 33.3 Å². The lowest BCUT2D eigenvalue weighted by atomic mass is 9.88. The van der Waals surface area contributed by atoms with Gasteiger partial charge in [-0.3, -0.25) is 4.79 Å². The number of benzene rings is 2. The molecule has 0 aromatic heterocycles. The van der Waals surface area contributed by atoms with Crippen molar-refractivity contribution in [1.82, 2.24) is 9.80 Å². The Hall–Kier alpha value is -2.17. The smallest absolute Gasteiger partial charge is 0.254 e. The molecule has 4 heteroatoms. The first-order valence-corrected chi connectivity index (χ1v) is 11.2. The normalized spacial score (nSPS) is 21.4. The highest BCUT2D eigenvalue weighted by molar-refractivity contribution is 5.95. The average Bonchev–Trinajstić information content (AvgIpc) is 3.09. The number of hydrogen-bond donors (Lipinski definition) is 1. The van der Waals surface area contributed by atoms with Crippen LogP contribution in [0.1, 0.15) is 40.4 Å². The van der Waals surface area contributed by atoms with Gasteiger partial charge in [0.1, 0.15) is 0 Å². The van der Waals surface area contributed by atoms with Crippen molar-refractivity contribution in [3.63, 3.8) is 0 Å². The fourth-order valence-corrected chi connectivity index (χ4v) is 4.92. The molecule has 1 amide bonds. The minimum absolute atomic E-state index is 0.0181. The van der Waals surface area contributed by atoms with Crippen molar-refractivity contribution in [2.24, 2.45) is 11.8 Å². The van der Waals surface area contributed by atoms with Gasteiger partial charge in [0.2, 0.25) is 0 Å². The van der Waals surface area contributed by atoms with Gasteiger partial charge in [0.05, 0.1) is 12.6 Å². The third-order valence-corrected chi connectivity index (χ3v) is 6.52. The summed E-state index contributed by atoms with van der Waals surface area (Å²) in [7, 11) is 2.15. The summed E-state index contributed by atoms with van der Waals surface area (Å²) in [6.07, 6.45) is 2.03. The maximum absolute atomic E-state index is 13.3. The number of nitrogens with zero attached hydrogens (tertiary/aromatic N) is 2. The zero-order chi connectivity index (χ0) is 21.7. The molecule has 0 spiro atoms. The molecule has 0 bridgehead atoms. The number of rotatable bonds is 8. The standard InChI is InChI=1S/C26H36N2O2/c1-5-22-16-28(26(30)23-14-19(2)13-20(3)15-23)25(18-29)24(22)17-27(4)12-11-21-9-7-6-8-10-21/h6-10,13-15,22,24-25,29H,5,11-12,16-18H2,1-4H3/t22-,24-,25-/m1/s1. The fraction of sp³-hybridized carbons (Fsp3) is 0.500. The highest BCUT2D eigenvalue weighted by atomic mass is 16.3. The molecule has 2 aromatic rings. The van der Waals surface area contributed by atoms with Crippen LogP contribution in [-0.4, -0.2) is 60.1 Å². The van der Waals surface area contributed by atoms with E-state index in [0.717, 1.165) is 49.2 Å². The maximum Gasteiger partial charge on any atom is 0.254 e. The van der Waals surface area contributed by atoms with Crippen molar-refractivity contribution in [2.45, 2.75) is 39.7 Å². The van der Waals surface area contributed by atoms with Gasteiger partial charge >= 0.3 is 0 Å². The summed E-state index contributed by atoms with van der Waals surface area (Å²) in [6.45, 7) is 8.86. The van der Waals surface area contributed by atoms with Gasteiger partial charge in [0.15, 0.2) is 0 Å². The molecule has 3 rings (SSSR count). The summed E-state index contributed by atoms with van der Waals surface area (Å²) in [5.41, 5.74) is 4.27. The Balaban J connectivity index is 1.70. The molecular formula is C26H36N2O2. The summed E-state index contributed by atoms with van der Waals surface area (Å²) >= 11 is 0. The van der Waals surface area contributed by atoms with Crippen LogP contribution in [0.2, 0.25) is 0 Å². The first-order valence-electron chi connectivity index (χ1n) is 11.2. The van der Waals surface area contributed by atoms with Crippen LogP contribution in [0.15, 0.2) is 48.5 Å². The van der Waals surface area contributed by atoms with E-state index in [-0.39, 0.29) is 24.5 Å². The molecule has 3 atom stereocenters. The highest BCUT2D eigenvalue weighted by Gasteiger charge is 2.43. The summed E-state index contributed by atoms with van der Waals surface area (Å²) in [5.74, 6) is 0.751. The van der Waals surface area contributed by atoms with Crippen molar-refractivity contribution >= 4 is 5.91 Å². The molecule has 2 aromatic carbocycles. The second-order valence-corrected chi connectivity index (χ2v) is 8.91. The Kier molecular flexibility index (Phi) is 7.68. The van der Waals surface area contributed by atoms with Gasteiger partial charge < -0.3 is 14.9 Å². The monoisotopic (exact) mass is 408 g/mol. The number of likely N-dealkylation sites (N-methyl/N-ethyl adjacent to an activating group) is 1. The van der Waals surface area contributed by atoms with Gasteiger partial charge in [0.25, 0.3) is 5.91 Å². The molecule has 4 nitrogen and oxygen atoms in total. The SMILES string of the molecule is CC[C@@H]1CN(C(=O)c2cc(C)cc(C)c2)[C@H](CO)[C@@H]1CN(C)CCc1ccccc1. The van der Waals surface area contributed by atoms with E-state index < -0.39 is 0 Å². The van der Waals surface area contributed by atoms with Crippen molar-refractivity contribution < 1.29 is 9.90 Å². The van der Waals surface area contributed by atoms with Crippen molar-refractivity contribution in [3.8, 4) is 0 Å². The number of aliphatic hydroxyl groups excluding tert-OH is 1. The minimum atomic E-state index is -0.123. The predicted octanol–water partition coefficient (Wildman–Crippen LogP) is 3.94. The molecule has 1 saturated heterocycles. The number of aryl methyl sites for hydroxylation is 2. The van der Waals surface area contributed by atoms with E-state index >= 15 is 0 Å². The summed E-state index contributed by atoms with van der Waals surface area (Å²) < 4.78 is 0. The second-order valence-electron chi connectivity index (χ2n) is 8.91. The molecule has 1 aliphatic heterocycles. The molecule has 30 heavy (non-hydrogen) atoms. The second kappa shape index (κ2) is 10.2. The zero-order valence-electron chi connectivity index (χ0n) is 18.8. The molecule has 1 N–H and O–H groups in total. The zero-order valence-corrected chi connectivity index (χ0v) is 18.8. The van der Waals surface area contributed by atoms with E-state index in [1.54, 1.807) is 0 Å². The fourth-order valence-electron chi connectivity index (χ4n) is 4.92. The molecule has 0 radical (unpaired) electrons. The minimum Gasteiger partial charge on any atom is -0.394 e. The van der Waals surface area contributed by atoms with Crippen LogP contribution in [0.25, 0.3) is 0 Å². The van der Waals surface area contributed by atoms with E-state index in [0.29, 0.717) is 5.92 Å². The number of aliphatic hydroxyl groups is 1. The Labute approximate surface area is 181 Å². The topological polar surface area (TPSA) is 43.8 Å². The molecule has 1 heterocycles. The first-order chi connectivity index (χ1) is 14.4. The number of likely N-dealkylation sites (tertiary alicyclic amines) is 1. The molecular weight excluding hydrogens is 372 g/mol. The van der Waals surface area contributed by atoms with Gasteiger partial charge in [0, 0.05) is 25.2 Å². The van der Waals surface area contributed by atoms with E-state index in [9.17, 15) is 9.90 Å². The maximum atomic E-state index is 13.3. The van der Waals surface area contributed by atoms with Crippen LogP contribution in [0.4, 0.5) is 0 Å². The van der Waals surface area contributed by atoms with Crippen molar-refractivity contribution in [3.05, 3.63) is 70.8 Å². The number of hydrogen-bond acceptors (Lipinski definition) is 3. The van der Waals surface area contributed by atoms with Gasteiger partial charge in [-0.1, -0.05) is 60.9 Å². The number of carbonyl (C=O) groups excluding carboxylic acids is 1. The number of amides is 1. The van der Waals surface area contributed by atoms with E-state index in [1.807, 2.05) is 36.9 Å². The summed E-state index contributed by atoms with van der Waals surface area (Å²) in [4.78, 5) is 17.6. The lowest BCUT2D eigenvalue weighted by molar-refractivity contribution is 0.0623. The van der Waals surface area contributed by atoms with E-state index in [4.69, 9.17) is 0 Å². The first kappa shape index (κ1) is 22.5. The van der Waals surface area contributed by atoms with Crippen LogP contribution in [-0.2, 0) is 6.42 Å². The van der Waals surface area contributed by atoms with Crippen LogP contribution >= 0.6 is 0 Å². The van der Waals surface area contributed by atoms with Gasteiger partial charge in [-0.15, -0.1) is 0 Å². The van der Waals surface area contributed by atoms with E-state index in [2.05, 4.69) is 49.2 Å². The molecule has 1 aliphatic rings. The van der Waals surface area contributed by atoms with Gasteiger partial charge in [-0.25, -0.2) is 0 Å². The Morgan fingerprint density at radius 1 is 1.13 bits per heavy atom. The van der Waals surface area contributed by atoms with Crippen molar-refractivity contribution in [1.29, 1.82) is 0 Å². The molecule has 0 saturated carbocycles. The Morgan fingerprint density at radius 2 is 1.80 bits per heavy atom. The van der Waals surface area contributed by atoms with Crippen LogP contribution in [0.3, 0.4) is 0 Å². The Morgan fingerprint density at radius 3 is 2.40 bits per heavy atom. The number of carbonyl (C=O) groups is 1. The molecule has 162 valence electrons. The molecule has 1 fully saturated rings. The lowest BCUT2D eigenvalue weighted by Crippen LogP contribution is -2.43. The third kappa shape index (κ3) is 5.30. The van der Waals surface area contributed by atoms with Crippen LogP contribution in [0.5, 0.6) is 0 Å². The van der Waals surface area contributed by atoms with Crippen LogP contribution < -0.4 is 0 Å². The molecule has 0 aliphatic carbocycles. The average molecular weight is 409 g/mol. The summed E-state index contributed by atoms with van der Waals surface area (Å²) in [6, 6.07) is 16.4. The van der Waals surface area contributed by atoms with Gasteiger partial charge in [-0.05, 0) is 56.8 Å². The van der Waals surface area contributed by atoms with Gasteiger partial charge in [-0.2, -0.15) is 0 Å². The largest absolute Gasteiger partial charge is 0.394 e. The summed E-state index contributed by atoms with van der Waals surface area (Å²) in [5, 5.41) is 10.2. The lowest BCUT2D eigenvalue weighted by Gasteiger charge is -2.30. The van der Waals surface area contributed by atoms with Crippen LogP contribution in [0, 0.1) is 25.7 Å². The Bertz CT molecular complexity index is 816. The van der Waals surface area contributed by atoms with E-state index in [1.165, 1.54) is 5.56 Å². The highest BCUT2D eigenvalue weighted by Crippen LogP contribution is 2.34. The predicted molar refractivity (Wildman–Crippen MR) is 123 cm³/mol. The quantitative estimate of drug-likeness (QED) is 0.720. The third-order valence-electron chi connectivity index (χ3n) is 6.52. The molecule has 0 unspecified atom stereocenters.